The van der Waals surface area contributed by atoms with Crippen LogP contribution in [0.1, 0.15) is 33.6 Å². The van der Waals surface area contributed by atoms with Crippen molar-refractivity contribution in [2.24, 2.45) is 11.8 Å². The molecule has 0 bridgehead atoms. The largest absolute Gasteiger partial charge is 0.478 e. The first-order chi connectivity index (χ1) is 14.8. The predicted molar refractivity (Wildman–Crippen MR) is 122 cm³/mol. The number of carboxylic acid groups (broad SMARTS) is 1. The quantitative estimate of drug-likeness (QED) is 0.442. The molecule has 9 heteroatoms. The van der Waals surface area contributed by atoms with E-state index in [1.165, 1.54) is 23.1 Å². The summed E-state index contributed by atoms with van der Waals surface area (Å²) in [6.07, 6.45) is 1.13. The zero-order valence-corrected chi connectivity index (χ0v) is 19.3. The van der Waals surface area contributed by atoms with E-state index in [0.717, 1.165) is 0 Å². The van der Waals surface area contributed by atoms with Gasteiger partial charge in [0.05, 0.1) is 28.8 Å². The van der Waals surface area contributed by atoms with Gasteiger partial charge in [-0.3, -0.25) is 19.3 Å². The lowest BCUT2D eigenvalue weighted by Crippen LogP contribution is -2.34. The van der Waals surface area contributed by atoms with Gasteiger partial charge in [-0.1, -0.05) is 50.1 Å². The summed E-state index contributed by atoms with van der Waals surface area (Å²) in [6, 6.07) is 12.3. The van der Waals surface area contributed by atoms with Gasteiger partial charge >= 0.3 is 5.97 Å². The SMILES string of the molecule is O=C(Nc1ccccc1C(=O)O)c1cccc(N2C(=O)[C@H]3C[C@@H](Br)[C@@H](Br)C[C@H]3C2=O)c1. The number of alkyl halides is 2. The molecule has 3 amide bonds. The maximum atomic E-state index is 13.0. The fraction of sp³-hybridized carbons (Fsp3) is 0.273. The molecular weight excluding hydrogens is 532 g/mol. The smallest absolute Gasteiger partial charge is 0.337 e. The summed E-state index contributed by atoms with van der Waals surface area (Å²) in [5.74, 6) is -2.97. The molecule has 1 heterocycles. The summed E-state index contributed by atoms with van der Waals surface area (Å²) in [5.41, 5.74) is 0.678. The van der Waals surface area contributed by atoms with Gasteiger partial charge in [-0.15, -0.1) is 0 Å². The number of hydrogen-bond donors (Lipinski definition) is 2. The predicted octanol–water partition coefficient (Wildman–Crippen LogP) is 4.06. The van der Waals surface area contributed by atoms with Gasteiger partial charge < -0.3 is 10.4 Å². The minimum atomic E-state index is -1.16. The highest BCUT2D eigenvalue weighted by atomic mass is 79.9. The van der Waals surface area contributed by atoms with E-state index in [1.807, 2.05) is 0 Å². The molecule has 0 spiro atoms. The standard InChI is InChI=1S/C22H18Br2N2O5/c23-16-9-14-15(10-17(16)24)21(29)26(20(14)28)12-5-3-4-11(8-12)19(27)25-18-7-2-1-6-13(18)22(30)31/h1-8,14-17H,9-10H2,(H,25,27)(H,30,31)/t14-,15+,16+,17-. The number of aromatic carboxylic acids is 1. The molecule has 2 N–H and O–H groups in total. The number of carbonyl (C=O) groups is 4. The zero-order chi connectivity index (χ0) is 22.3. The van der Waals surface area contributed by atoms with Crippen LogP contribution >= 0.6 is 31.9 Å². The van der Waals surface area contributed by atoms with Crippen LogP contribution in [0.4, 0.5) is 11.4 Å². The molecule has 0 unspecified atom stereocenters. The Hall–Kier alpha value is -2.52. The van der Waals surface area contributed by atoms with Crippen LogP contribution in [0.5, 0.6) is 0 Å². The molecular formula is C22H18Br2N2O5. The number of benzene rings is 2. The third kappa shape index (κ3) is 4.04. The molecule has 2 fully saturated rings. The first kappa shape index (κ1) is 21.7. The summed E-state index contributed by atoms with van der Waals surface area (Å²) in [7, 11) is 0. The third-order valence-corrected chi connectivity index (χ3v) is 8.42. The fourth-order valence-electron chi connectivity index (χ4n) is 4.11. The van der Waals surface area contributed by atoms with Crippen molar-refractivity contribution in [3.8, 4) is 0 Å². The van der Waals surface area contributed by atoms with E-state index in [2.05, 4.69) is 37.2 Å². The molecule has 1 saturated carbocycles. The molecule has 31 heavy (non-hydrogen) atoms. The molecule has 7 nitrogen and oxygen atoms in total. The first-order valence-electron chi connectivity index (χ1n) is 9.67. The normalized spacial score (nSPS) is 25.3. The molecule has 0 aromatic heterocycles. The van der Waals surface area contributed by atoms with Crippen LogP contribution in [0, 0.1) is 11.8 Å². The second-order valence-electron chi connectivity index (χ2n) is 7.58. The highest BCUT2D eigenvalue weighted by molar-refractivity contribution is 9.12. The van der Waals surface area contributed by atoms with Gasteiger partial charge in [0.15, 0.2) is 0 Å². The Morgan fingerprint density at radius 1 is 0.935 bits per heavy atom. The number of anilines is 2. The number of nitrogens with zero attached hydrogens (tertiary/aromatic N) is 1. The maximum Gasteiger partial charge on any atom is 0.337 e. The number of hydrogen-bond acceptors (Lipinski definition) is 4. The molecule has 2 aliphatic rings. The fourth-order valence-corrected chi connectivity index (χ4v) is 5.35. The van der Waals surface area contributed by atoms with Gasteiger partial charge in [-0.25, -0.2) is 4.79 Å². The van der Waals surface area contributed by atoms with Crippen LogP contribution in [0.2, 0.25) is 0 Å². The van der Waals surface area contributed by atoms with E-state index in [1.54, 1.807) is 30.3 Å². The van der Waals surface area contributed by atoms with Gasteiger partial charge in [0.25, 0.3) is 5.91 Å². The lowest BCUT2D eigenvalue weighted by atomic mass is 9.81. The summed E-state index contributed by atoms with van der Waals surface area (Å²) in [5, 5.41) is 11.9. The minimum absolute atomic E-state index is 0.0327. The van der Waals surface area contributed by atoms with Crippen LogP contribution in [0.25, 0.3) is 0 Å². The van der Waals surface area contributed by atoms with E-state index in [4.69, 9.17) is 0 Å². The average molecular weight is 550 g/mol. The molecule has 2 aromatic rings. The average Bonchev–Trinajstić information content (AvgIpc) is 2.98. The summed E-state index contributed by atoms with van der Waals surface area (Å²) < 4.78 is 0. The van der Waals surface area contributed by atoms with Crippen LogP contribution in [0.3, 0.4) is 0 Å². The Bertz CT molecular complexity index is 1060. The highest BCUT2D eigenvalue weighted by Gasteiger charge is 2.52. The molecule has 1 saturated heterocycles. The summed E-state index contributed by atoms with van der Waals surface area (Å²) in [6.45, 7) is 0. The van der Waals surface area contributed by atoms with Gasteiger partial charge in [0.1, 0.15) is 0 Å². The van der Waals surface area contributed by atoms with E-state index >= 15 is 0 Å². The number of amides is 3. The van der Waals surface area contributed by atoms with Crippen LogP contribution in [-0.4, -0.2) is 38.5 Å². The Morgan fingerprint density at radius 3 is 2.16 bits per heavy atom. The van der Waals surface area contributed by atoms with Crippen molar-refractivity contribution in [3.05, 3.63) is 59.7 Å². The molecule has 1 aliphatic heterocycles. The Kier molecular flexibility index (Phi) is 5.98. The summed E-state index contributed by atoms with van der Waals surface area (Å²) in [4.78, 5) is 51.5. The maximum absolute atomic E-state index is 13.0. The van der Waals surface area contributed by atoms with Crippen molar-refractivity contribution in [1.29, 1.82) is 0 Å². The number of imide groups is 1. The number of nitrogens with one attached hydrogen (secondary N) is 1. The van der Waals surface area contributed by atoms with Gasteiger partial charge in [0.2, 0.25) is 11.8 Å². The number of rotatable bonds is 4. The molecule has 2 aromatic carbocycles. The van der Waals surface area contributed by atoms with Crippen LogP contribution < -0.4 is 10.2 Å². The second-order valence-corrected chi connectivity index (χ2v) is 9.94. The number of para-hydroxylation sites is 1. The Labute approximate surface area is 195 Å². The Balaban J connectivity index is 1.59. The van der Waals surface area contributed by atoms with Crippen molar-refractivity contribution in [1.82, 2.24) is 0 Å². The molecule has 4 atom stereocenters. The lowest BCUT2D eigenvalue weighted by molar-refractivity contribution is -0.122. The van der Waals surface area contributed by atoms with E-state index < -0.39 is 11.9 Å². The van der Waals surface area contributed by atoms with Crippen LogP contribution in [0.15, 0.2) is 48.5 Å². The highest BCUT2D eigenvalue weighted by Crippen LogP contribution is 2.44. The number of fused-ring (bicyclic) bond motifs is 1. The van der Waals surface area contributed by atoms with Crippen molar-refractivity contribution in [2.75, 3.05) is 10.2 Å². The third-order valence-electron chi connectivity index (χ3n) is 5.68. The van der Waals surface area contributed by atoms with Gasteiger partial charge in [0, 0.05) is 15.2 Å². The topological polar surface area (TPSA) is 104 Å². The number of halogens is 2. The number of carboxylic acids is 1. The van der Waals surface area contributed by atoms with Crippen molar-refractivity contribution < 1.29 is 24.3 Å². The number of carbonyl (C=O) groups excluding carboxylic acids is 3. The van der Waals surface area contributed by atoms with Crippen molar-refractivity contribution in [2.45, 2.75) is 22.5 Å². The second kappa shape index (κ2) is 8.55. The molecule has 160 valence electrons. The van der Waals surface area contributed by atoms with E-state index in [0.29, 0.717) is 18.5 Å². The summed E-state index contributed by atoms with van der Waals surface area (Å²) >= 11 is 7.14. The van der Waals surface area contributed by atoms with Gasteiger partial charge in [-0.05, 0) is 43.2 Å². The van der Waals surface area contributed by atoms with E-state index in [-0.39, 0.29) is 50.1 Å². The monoisotopic (exact) mass is 548 g/mol. The van der Waals surface area contributed by atoms with Gasteiger partial charge in [-0.2, -0.15) is 0 Å². The minimum Gasteiger partial charge on any atom is -0.478 e. The first-order valence-corrected chi connectivity index (χ1v) is 11.5. The zero-order valence-electron chi connectivity index (χ0n) is 16.1. The van der Waals surface area contributed by atoms with Crippen molar-refractivity contribution >= 4 is 66.9 Å². The lowest BCUT2D eigenvalue weighted by Gasteiger charge is -2.29. The Morgan fingerprint density at radius 2 is 1.55 bits per heavy atom. The van der Waals surface area contributed by atoms with E-state index in [9.17, 15) is 24.3 Å². The molecule has 0 radical (unpaired) electrons. The molecule has 4 rings (SSSR count). The molecule has 1 aliphatic carbocycles. The van der Waals surface area contributed by atoms with Crippen LogP contribution in [-0.2, 0) is 9.59 Å². The van der Waals surface area contributed by atoms with Crippen molar-refractivity contribution in [3.63, 3.8) is 0 Å².